The summed E-state index contributed by atoms with van der Waals surface area (Å²) < 4.78 is 3.32. The number of benzene rings is 1. The number of carbonyl (C=O) groups is 1. The van der Waals surface area contributed by atoms with Crippen LogP contribution in [0.1, 0.15) is 53.4 Å². The average molecular weight is 498 g/mol. The zero-order chi connectivity index (χ0) is 25.6. The first kappa shape index (κ1) is 24.5. The minimum absolute atomic E-state index is 0.128. The van der Waals surface area contributed by atoms with Crippen molar-refractivity contribution in [2.45, 2.75) is 51.1 Å². The zero-order valence-corrected chi connectivity index (χ0v) is 20.7. The maximum absolute atomic E-state index is 12.5. The molecule has 0 bridgehead atoms. The van der Waals surface area contributed by atoms with Crippen LogP contribution in [0.2, 0.25) is 0 Å². The van der Waals surface area contributed by atoms with Gasteiger partial charge in [0, 0.05) is 30.7 Å². The minimum Gasteiger partial charge on any atom is -0.481 e. The molecule has 2 N–H and O–H groups in total. The maximum Gasteiger partial charge on any atom is 0.305 e. The highest BCUT2D eigenvalue weighted by Crippen LogP contribution is 2.23. The highest BCUT2D eigenvalue weighted by Gasteiger charge is 2.20. The Balaban J connectivity index is 1.29. The second-order valence-electron chi connectivity index (χ2n) is 9.51. The van der Waals surface area contributed by atoms with E-state index in [0.717, 1.165) is 67.0 Å². The number of aliphatic carboxylic acids is 1. The zero-order valence-electron chi connectivity index (χ0n) is 20.7. The number of carboxylic acids is 1. The quantitative estimate of drug-likeness (QED) is 0.342. The highest BCUT2D eigenvalue weighted by atomic mass is 16.4. The molecule has 1 aliphatic rings. The van der Waals surface area contributed by atoms with Gasteiger partial charge in [0.25, 0.3) is 5.56 Å². The van der Waals surface area contributed by atoms with Gasteiger partial charge in [-0.2, -0.15) is 5.10 Å². The number of rotatable bonds is 10. The van der Waals surface area contributed by atoms with Crippen molar-refractivity contribution in [2.24, 2.45) is 0 Å². The Bertz CT molecular complexity index is 1430. The van der Waals surface area contributed by atoms with E-state index in [1.165, 1.54) is 11.6 Å². The molecule has 4 aromatic rings. The fraction of sp³-hybridized carbons (Fsp3) is 0.310. The fourth-order valence-electron chi connectivity index (χ4n) is 4.82. The molecule has 37 heavy (non-hydrogen) atoms. The van der Waals surface area contributed by atoms with E-state index in [4.69, 9.17) is 10.1 Å². The van der Waals surface area contributed by atoms with Gasteiger partial charge in [-0.15, -0.1) is 0 Å². The van der Waals surface area contributed by atoms with E-state index in [9.17, 15) is 14.7 Å². The van der Waals surface area contributed by atoms with E-state index >= 15 is 0 Å². The molecular weight excluding hydrogens is 466 g/mol. The molecule has 0 radical (unpaired) electrons. The normalized spacial score (nSPS) is 13.5. The first-order valence-electron chi connectivity index (χ1n) is 12.8. The van der Waals surface area contributed by atoms with Gasteiger partial charge >= 0.3 is 5.97 Å². The van der Waals surface area contributed by atoms with Gasteiger partial charge in [-0.1, -0.05) is 36.4 Å². The first-order valence-corrected chi connectivity index (χ1v) is 12.8. The molecule has 0 unspecified atom stereocenters. The van der Waals surface area contributed by atoms with Crippen LogP contribution in [-0.2, 0) is 30.6 Å². The lowest BCUT2D eigenvalue weighted by Gasteiger charge is -2.18. The summed E-state index contributed by atoms with van der Waals surface area (Å²) in [6.07, 6.45) is 8.20. The predicted octanol–water partition coefficient (Wildman–Crippen LogP) is 4.09. The van der Waals surface area contributed by atoms with Gasteiger partial charge < -0.3 is 15.0 Å². The number of fused-ring (bicyclic) bond motifs is 1. The van der Waals surface area contributed by atoms with Crippen LogP contribution in [0.4, 0.5) is 5.82 Å². The Labute approximate surface area is 215 Å². The first-order chi connectivity index (χ1) is 18.0. The van der Waals surface area contributed by atoms with E-state index in [-0.39, 0.29) is 12.0 Å². The van der Waals surface area contributed by atoms with E-state index in [0.29, 0.717) is 6.54 Å². The molecule has 8 heteroatoms. The van der Waals surface area contributed by atoms with Gasteiger partial charge in [0.05, 0.1) is 24.7 Å². The molecule has 1 atom stereocenters. The summed E-state index contributed by atoms with van der Waals surface area (Å²) in [4.78, 5) is 29.0. The van der Waals surface area contributed by atoms with Crippen LogP contribution in [0.5, 0.6) is 0 Å². The average Bonchev–Trinajstić information content (AvgIpc) is 3.38. The third kappa shape index (κ3) is 6.14. The molecule has 0 spiro atoms. The standard InChI is InChI=1S/C29H31N5O3/c35-27-14-12-23(20-33(27)19-21-6-2-1-3-7-21)26(18-28(36)37)34-17-15-25(32-34)10-4-9-24-13-11-22-8-5-16-30-29(22)31-24/h1-3,6-7,11-15,17,20,26H,4-5,8-10,16,18-19H2,(H,30,31)(H,36,37)/t26-/m0/s1. The molecular formula is C29H31N5O3. The number of hydrogen-bond acceptors (Lipinski definition) is 5. The second-order valence-corrected chi connectivity index (χ2v) is 9.51. The number of nitrogens with one attached hydrogen (secondary N) is 1. The summed E-state index contributed by atoms with van der Waals surface area (Å²) in [6, 6.07) is 18.6. The summed E-state index contributed by atoms with van der Waals surface area (Å²) in [5.41, 5.74) is 4.86. The van der Waals surface area contributed by atoms with Gasteiger partial charge in [0.15, 0.2) is 0 Å². The van der Waals surface area contributed by atoms with Gasteiger partial charge in [-0.05, 0) is 67.0 Å². The lowest BCUT2D eigenvalue weighted by molar-refractivity contribution is -0.137. The molecule has 190 valence electrons. The highest BCUT2D eigenvalue weighted by molar-refractivity contribution is 5.68. The van der Waals surface area contributed by atoms with E-state index in [1.807, 2.05) is 42.6 Å². The van der Waals surface area contributed by atoms with Crippen LogP contribution >= 0.6 is 0 Å². The molecule has 0 amide bonds. The molecule has 8 nitrogen and oxygen atoms in total. The van der Waals surface area contributed by atoms with Crippen molar-refractivity contribution in [1.82, 2.24) is 19.3 Å². The molecule has 0 fully saturated rings. The van der Waals surface area contributed by atoms with Crippen LogP contribution in [0.15, 0.2) is 77.9 Å². The number of carboxylic acid groups (broad SMARTS) is 1. The largest absolute Gasteiger partial charge is 0.481 e. The monoisotopic (exact) mass is 497 g/mol. The molecule has 3 aromatic heterocycles. The van der Waals surface area contributed by atoms with Crippen LogP contribution in [0, 0.1) is 0 Å². The van der Waals surface area contributed by atoms with Crippen LogP contribution < -0.4 is 10.9 Å². The summed E-state index contributed by atoms with van der Waals surface area (Å²) in [5, 5.41) is 17.7. The molecule has 0 aliphatic carbocycles. The topological polar surface area (TPSA) is 102 Å². The van der Waals surface area contributed by atoms with Gasteiger partial charge in [0.2, 0.25) is 0 Å². The predicted molar refractivity (Wildman–Crippen MR) is 142 cm³/mol. The fourth-order valence-corrected chi connectivity index (χ4v) is 4.82. The molecule has 1 aliphatic heterocycles. The van der Waals surface area contributed by atoms with Crippen LogP contribution in [0.25, 0.3) is 0 Å². The van der Waals surface area contributed by atoms with Crippen LogP contribution in [0.3, 0.4) is 0 Å². The van der Waals surface area contributed by atoms with Crippen molar-refractivity contribution in [2.75, 3.05) is 11.9 Å². The third-order valence-electron chi connectivity index (χ3n) is 6.76. The molecule has 1 aromatic carbocycles. The van der Waals surface area contributed by atoms with E-state index in [2.05, 4.69) is 17.4 Å². The summed E-state index contributed by atoms with van der Waals surface area (Å²) in [7, 11) is 0. The van der Waals surface area contributed by atoms with Crippen molar-refractivity contribution < 1.29 is 9.90 Å². The van der Waals surface area contributed by atoms with Crippen molar-refractivity contribution in [3.8, 4) is 0 Å². The minimum atomic E-state index is -0.921. The van der Waals surface area contributed by atoms with E-state index in [1.54, 1.807) is 21.5 Å². The summed E-state index contributed by atoms with van der Waals surface area (Å²) in [6.45, 7) is 1.39. The summed E-state index contributed by atoms with van der Waals surface area (Å²) in [5.74, 6) is 0.0908. The number of aryl methyl sites for hydroxylation is 3. The number of pyridine rings is 2. The Morgan fingerprint density at radius 2 is 1.86 bits per heavy atom. The van der Waals surface area contributed by atoms with Crippen molar-refractivity contribution in [1.29, 1.82) is 0 Å². The van der Waals surface area contributed by atoms with Crippen molar-refractivity contribution in [3.05, 3.63) is 111 Å². The number of aromatic nitrogens is 4. The Morgan fingerprint density at radius 1 is 1.03 bits per heavy atom. The number of nitrogens with zero attached hydrogens (tertiary/aromatic N) is 4. The third-order valence-corrected chi connectivity index (χ3v) is 6.76. The van der Waals surface area contributed by atoms with E-state index < -0.39 is 12.0 Å². The Hall–Kier alpha value is -4.20. The molecule has 4 heterocycles. The van der Waals surface area contributed by atoms with Gasteiger partial charge in [-0.25, -0.2) is 4.98 Å². The van der Waals surface area contributed by atoms with Crippen molar-refractivity contribution in [3.63, 3.8) is 0 Å². The lowest BCUT2D eigenvalue weighted by Crippen LogP contribution is -2.23. The SMILES string of the molecule is O=C(O)C[C@@H](c1ccc(=O)n(Cc2ccccc2)c1)n1ccc(CCCc2ccc3c(n2)NCCC3)n1. The number of anilines is 1. The second kappa shape index (κ2) is 11.2. The smallest absolute Gasteiger partial charge is 0.305 e. The van der Waals surface area contributed by atoms with Gasteiger partial charge in [-0.3, -0.25) is 14.3 Å². The van der Waals surface area contributed by atoms with Crippen LogP contribution in [-0.4, -0.2) is 37.0 Å². The Kier molecular flexibility index (Phi) is 7.44. The number of hydrogen-bond donors (Lipinski definition) is 2. The molecule has 0 saturated carbocycles. The summed E-state index contributed by atoms with van der Waals surface area (Å²) >= 11 is 0. The Morgan fingerprint density at radius 3 is 2.70 bits per heavy atom. The lowest BCUT2D eigenvalue weighted by atomic mass is 10.1. The molecule has 5 rings (SSSR count). The molecule has 0 saturated heterocycles. The van der Waals surface area contributed by atoms with Gasteiger partial charge in [0.1, 0.15) is 5.82 Å². The maximum atomic E-state index is 12.5. The van der Waals surface area contributed by atoms with Crippen molar-refractivity contribution >= 4 is 11.8 Å².